The number of aromatic amines is 1. The second kappa shape index (κ2) is 5.30. The first-order valence-corrected chi connectivity index (χ1v) is 5.56. The quantitative estimate of drug-likeness (QED) is 0.365. The zero-order valence-corrected chi connectivity index (χ0v) is 10.1. The number of benzene rings is 1. The molecule has 0 aliphatic rings. The number of carbonyl (C=O) groups excluding carboxylic acids is 1. The summed E-state index contributed by atoms with van der Waals surface area (Å²) in [5.41, 5.74) is -0.423. The highest BCUT2D eigenvalue weighted by molar-refractivity contribution is 6.42. The molecule has 0 spiro atoms. The van der Waals surface area contributed by atoms with Crippen LogP contribution < -0.4 is 5.56 Å². The number of H-pyrrole nitrogens is 1. The maximum absolute atomic E-state index is 11.8. The van der Waals surface area contributed by atoms with Gasteiger partial charge in [0.2, 0.25) is 5.71 Å². The van der Waals surface area contributed by atoms with Gasteiger partial charge in [0.25, 0.3) is 5.56 Å². The van der Waals surface area contributed by atoms with Crippen molar-refractivity contribution in [2.45, 2.75) is 6.92 Å². The van der Waals surface area contributed by atoms with Gasteiger partial charge in [0.05, 0.1) is 17.6 Å². The highest BCUT2D eigenvalue weighted by Crippen LogP contribution is 2.06. The van der Waals surface area contributed by atoms with Crippen molar-refractivity contribution in [2.75, 3.05) is 6.61 Å². The standard InChI is InChI=1S/C12H11N3O4/c1-2-19-12(17)10(15-18)9-11(16)14-8-6-4-3-5-7(8)13-9/h3-6,18H,2H2,1H3,(H,14,16)/b15-10-. The van der Waals surface area contributed by atoms with Gasteiger partial charge < -0.3 is 14.9 Å². The van der Waals surface area contributed by atoms with Crippen LogP contribution in [0.5, 0.6) is 0 Å². The lowest BCUT2D eigenvalue weighted by Gasteiger charge is -2.04. The fraction of sp³-hybridized carbons (Fsp3) is 0.167. The molecule has 0 aliphatic carbocycles. The molecule has 0 saturated heterocycles. The zero-order chi connectivity index (χ0) is 13.8. The van der Waals surface area contributed by atoms with E-state index in [4.69, 9.17) is 9.94 Å². The Hall–Kier alpha value is -2.70. The van der Waals surface area contributed by atoms with E-state index in [-0.39, 0.29) is 12.3 Å². The van der Waals surface area contributed by atoms with Gasteiger partial charge in [-0.1, -0.05) is 17.3 Å². The van der Waals surface area contributed by atoms with E-state index in [1.807, 2.05) is 0 Å². The van der Waals surface area contributed by atoms with Crippen molar-refractivity contribution in [1.82, 2.24) is 9.97 Å². The van der Waals surface area contributed by atoms with Crippen LogP contribution in [0.4, 0.5) is 0 Å². The van der Waals surface area contributed by atoms with Crippen molar-refractivity contribution in [2.24, 2.45) is 5.16 Å². The van der Waals surface area contributed by atoms with Gasteiger partial charge >= 0.3 is 5.97 Å². The molecule has 0 bridgehead atoms. The SMILES string of the molecule is CCOC(=O)/C(=N\O)c1nc2ccccc2[nH]c1=O. The molecule has 19 heavy (non-hydrogen) atoms. The largest absolute Gasteiger partial charge is 0.461 e. The summed E-state index contributed by atoms with van der Waals surface area (Å²) in [5.74, 6) is -0.904. The molecule has 98 valence electrons. The average Bonchev–Trinajstić information content (AvgIpc) is 2.40. The number of hydrogen-bond acceptors (Lipinski definition) is 6. The maximum atomic E-state index is 11.8. The van der Waals surface area contributed by atoms with Gasteiger partial charge in [-0.05, 0) is 19.1 Å². The van der Waals surface area contributed by atoms with E-state index in [1.165, 1.54) is 0 Å². The number of oxime groups is 1. The molecule has 0 unspecified atom stereocenters. The number of rotatable bonds is 3. The lowest BCUT2D eigenvalue weighted by atomic mass is 10.2. The van der Waals surface area contributed by atoms with Gasteiger partial charge in [0, 0.05) is 0 Å². The van der Waals surface area contributed by atoms with Gasteiger partial charge in [0.15, 0.2) is 5.69 Å². The Bertz CT molecular complexity index is 705. The van der Waals surface area contributed by atoms with Crippen LogP contribution in [-0.4, -0.2) is 33.5 Å². The summed E-state index contributed by atoms with van der Waals surface area (Å²) in [6.45, 7) is 1.70. The molecular formula is C12H11N3O4. The minimum atomic E-state index is -0.904. The molecule has 7 nitrogen and oxygen atoms in total. The molecule has 0 atom stereocenters. The molecule has 0 saturated carbocycles. The van der Waals surface area contributed by atoms with E-state index < -0.39 is 17.2 Å². The number of fused-ring (bicyclic) bond motifs is 1. The summed E-state index contributed by atoms with van der Waals surface area (Å²) in [7, 11) is 0. The number of nitrogens with one attached hydrogen (secondary N) is 1. The maximum Gasteiger partial charge on any atom is 0.362 e. The summed E-state index contributed by atoms with van der Waals surface area (Å²) in [5, 5.41) is 11.7. The molecule has 0 fully saturated rings. The topological polar surface area (TPSA) is 105 Å². The summed E-state index contributed by atoms with van der Waals surface area (Å²) in [6.07, 6.45) is 0. The third-order valence-electron chi connectivity index (χ3n) is 2.39. The number of hydrogen-bond donors (Lipinski definition) is 2. The normalized spacial score (nSPS) is 11.5. The van der Waals surface area contributed by atoms with Gasteiger partial charge in [-0.2, -0.15) is 0 Å². The van der Waals surface area contributed by atoms with E-state index in [0.29, 0.717) is 11.0 Å². The van der Waals surface area contributed by atoms with Gasteiger partial charge in [-0.25, -0.2) is 9.78 Å². The number of carbonyl (C=O) groups is 1. The summed E-state index contributed by atoms with van der Waals surface area (Å²) < 4.78 is 4.69. The Labute approximate surface area is 107 Å². The van der Waals surface area contributed by atoms with Crippen LogP contribution in [0.1, 0.15) is 12.6 Å². The molecule has 0 aliphatic heterocycles. The fourth-order valence-electron chi connectivity index (χ4n) is 1.57. The number of aromatic nitrogens is 2. The summed E-state index contributed by atoms with van der Waals surface area (Å²) in [6, 6.07) is 6.81. The monoisotopic (exact) mass is 261 g/mol. The van der Waals surface area contributed by atoms with Crippen molar-refractivity contribution in [3.63, 3.8) is 0 Å². The van der Waals surface area contributed by atoms with Crippen molar-refractivity contribution >= 4 is 22.7 Å². The molecule has 7 heteroatoms. The molecular weight excluding hydrogens is 250 g/mol. The van der Waals surface area contributed by atoms with Crippen molar-refractivity contribution in [1.29, 1.82) is 0 Å². The Kier molecular flexibility index (Phi) is 3.56. The first kappa shape index (κ1) is 12.7. The lowest BCUT2D eigenvalue weighted by Crippen LogP contribution is -2.28. The second-order valence-corrected chi connectivity index (χ2v) is 3.60. The summed E-state index contributed by atoms with van der Waals surface area (Å²) >= 11 is 0. The van der Waals surface area contributed by atoms with E-state index in [2.05, 4.69) is 15.1 Å². The Morgan fingerprint density at radius 2 is 2.21 bits per heavy atom. The Morgan fingerprint density at radius 3 is 2.89 bits per heavy atom. The van der Waals surface area contributed by atoms with Gasteiger partial charge in [-0.15, -0.1) is 0 Å². The zero-order valence-electron chi connectivity index (χ0n) is 10.1. The lowest BCUT2D eigenvalue weighted by molar-refractivity contribution is -0.135. The predicted octanol–water partition coefficient (Wildman–Crippen LogP) is 0.664. The van der Waals surface area contributed by atoms with Crippen LogP contribution in [0.25, 0.3) is 11.0 Å². The van der Waals surface area contributed by atoms with Crippen molar-refractivity contribution in [3.05, 3.63) is 40.3 Å². The van der Waals surface area contributed by atoms with Crippen LogP contribution in [0.2, 0.25) is 0 Å². The molecule has 2 N–H and O–H groups in total. The molecule has 2 rings (SSSR count). The van der Waals surface area contributed by atoms with E-state index in [0.717, 1.165) is 0 Å². The van der Waals surface area contributed by atoms with Crippen LogP contribution in [0.3, 0.4) is 0 Å². The van der Waals surface area contributed by atoms with Crippen LogP contribution in [0.15, 0.2) is 34.2 Å². The highest BCUT2D eigenvalue weighted by atomic mass is 16.5. The average molecular weight is 261 g/mol. The van der Waals surface area contributed by atoms with Gasteiger partial charge in [-0.3, -0.25) is 4.79 Å². The predicted molar refractivity (Wildman–Crippen MR) is 67.3 cm³/mol. The molecule has 0 radical (unpaired) electrons. The molecule has 0 amide bonds. The van der Waals surface area contributed by atoms with E-state index >= 15 is 0 Å². The fourth-order valence-corrected chi connectivity index (χ4v) is 1.57. The first-order chi connectivity index (χ1) is 9.17. The molecule has 1 aromatic carbocycles. The van der Waals surface area contributed by atoms with Gasteiger partial charge in [0.1, 0.15) is 0 Å². The molecule has 2 aromatic rings. The molecule has 1 aromatic heterocycles. The van der Waals surface area contributed by atoms with Crippen molar-refractivity contribution < 1.29 is 14.7 Å². The van der Waals surface area contributed by atoms with E-state index in [9.17, 15) is 9.59 Å². The van der Waals surface area contributed by atoms with Crippen molar-refractivity contribution in [3.8, 4) is 0 Å². The highest BCUT2D eigenvalue weighted by Gasteiger charge is 2.21. The number of nitrogens with zero attached hydrogens (tertiary/aromatic N) is 2. The van der Waals surface area contributed by atoms with Crippen LogP contribution >= 0.6 is 0 Å². The second-order valence-electron chi connectivity index (χ2n) is 3.60. The number of para-hydroxylation sites is 2. The Balaban J connectivity index is 2.58. The third-order valence-corrected chi connectivity index (χ3v) is 2.39. The first-order valence-electron chi connectivity index (χ1n) is 5.56. The molecule has 1 heterocycles. The smallest absolute Gasteiger partial charge is 0.362 e. The Morgan fingerprint density at radius 1 is 1.47 bits per heavy atom. The third kappa shape index (κ3) is 2.44. The van der Waals surface area contributed by atoms with Crippen LogP contribution in [0, 0.1) is 0 Å². The number of ether oxygens (including phenoxy) is 1. The summed E-state index contributed by atoms with van der Waals surface area (Å²) in [4.78, 5) is 29.9. The minimum absolute atomic E-state index is 0.101. The minimum Gasteiger partial charge on any atom is -0.461 e. The van der Waals surface area contributed by atoms with Crippen LogP contribution in [-0.2, 0) is 9.53 Å². The number of esters is 1. The van der Waals surface area contributed by atoms with E-state index in [1.54, 1.807) is 31.2 Å².